The van der Waals surface area contributed by atoms with E-state index in [1.54, 1.807) is 7.05 Å². The molecule has 1 N–H and O–H groups in total. The lowest BCUT2D eigenvalue weighted by Crippen LogP contribution is -2.04. The van der Waals surface area contributed by atoms with Gasteiger partial charge in [0.25, 0.3) is 0 Å². The molecule has 1 aromatic heterocycles. The Kier molecular flexibility index (Phi) is 3.51. The van der Waals surface area contributed by atoms with Gasteiger partial charge in [0.1, 0.15) is 5.82 Å². The average molecular weight is 259 g/mol. The van der Waals surface area contributed by atoms with Crippen molar-refractivity contribution in [2.24, 2.45) is 0 Å². The van der Waals surface area contributed by atoms with E-state index < -0.39 is 0 Å². The third kappa shape index (κ3) is 2.30. The predicted molar refractivity (Wildman–Crippen MR) is 75.9 cm³/mol. The summed E-state index contributed by atoms with van der Waals surface area (Å²) in [5.41, 5.74) is 4.89. The third-order valence-corrected chi connectivity index (χ3v) is 3.43. The fraction of sp³-hybridized carbons (Fsp3) is 0.333. The van der Waals surface area contributed by atoms with Crippen molar-refractivity contribution in [2.75, 3.05) is 12.4 Å². The molecule has 2 aromatic rings. The van der Waals surface area contributed by atoms with E-state index in [0.717, 1.165) is 28.1 Å². The molecule has 0 spiro atoms. The Bertz CT molecular complexity index is 613. The largest absolute Gasteiger partial charge is 0.371 e. The number of nitrogens with one attached hydrogen (secondary N) is 1. The van der Waals surface area contributed by atoms with Crippen LogP contribution in [0.4, 0.5) is 10.2 Å². The molecule has 1 aromatic carbocycles. The zero-order chi connectivity index (χ0) is 14.2. The Hall–Kier alpha value is -1.97. The van der Waals surface area contributed by atoms with Crippen LogP contribution in [-0.2, 0) is 0 Å². The van der Waals surface area contributed by atoms with E-state index in [9.17, 15) is 4.39 Å². The van der Waals surface area contributed by atoms with Gasteiger partial charge < -0.3 is 5.32 Å². The molecule has 4 heteroatoms. The van der Waals surface area contributed by atoms with Crippen molar-refractivity contribution >= 4 is 5.82 Å². The molecule has 0 aliphatic heterocycles. The van der Waals surface area contributed by atoms with Gasteiger partial charge in [0.15, 0.2) is 5.82 Å². The minimum atomic E-state index is -0.244. The van der Waals surface area contributed by atoms with Crippen LogP contribution >= 0.6 is 0 Å². The van der Waals surface area contributed by atoms with Gasteiger partial charge in [0.2, 0.25) is 0 Å². The van der Waals surface area contributed by atoms with E-state index in [1.807, 2.05) is 33.8 Å². The number of nitrogens with zero attached hydrogens (tertiary/aromatic N) is 2. The summed E-state index contributed by atoms with van der Waals surface area (Å²) in [6.45, 7) is 7.68. The Morgan fingerprint density at radius 1 is 1.00 bits per heavy atom. The number of hydrogen-bond donors (Lipinski definition) is 1. The smallest absolute Gasteiger partial charge is 0.151 e. The summed E-state index contributed by atoms with van der Waals surface area (Å²) in [7, 11) is 1.80. The molecule has 0 saturated carbocycles. The van der Waals surface area contributed by atoms with Crippen molar-refractivity contribution in [1.82, 2.24) is 10.2 Å². The second kappa shape index (κ2) is 4.96. The number of benzene rings is 1. The molecule has 0 unspecified atom stereocenters. The van der Waals surface area contributed by atoms with Gasteiger partial charge in [0, 0.05) is 12.6 Å². The third-order valence-electron chi connectivity index (χ3n) is 3.43. The molecule has 0 atom stereocenters. The van der Waals surface area contributed by atoms with Gasteiger partial charge in [-0.1, -0.05) is 6.07 Å². The van der Waals surface area contributed by atoms with Crippen molar-refractivity contribution in [3.05, 3.63) is 40.2 Å². The van der Waals surface area contributed by atoms with Gasteiger partial charge in [-0.25, -0.2) is 4.39 Å². The van der Waals surface area contributed by atoms with Crippen LogP contribution in [-0.4, -0.2) is 17.2 Å². The van der Waals surface area contributed by atoms with Crippen LogP contribution in [0.1, 0.15) is 22.3 Å². The molecular weight excluding hydrogens is 241 g/mol. The van der Waals surface area contributed by atoms with Gasteiger partial charge >= 0.3 is 0 Å². The first-order chi connectivity index (χ1) is 8.95. The molecule has 100 valence electrons. The number of rotatable bonds is 2. The normalized spacial score (nSPS) is 10.6. The molecule has 3 nitrogen and oxygen atoms in total. The SMILES string of the molecule is CNc1nnc(-c2c(C)cc(C)cc2F)c(C)c1C. The predicted octanol–water partition coefficient (Wildman–Crippen LogP) is 3.56. The summed E-state index contributed by atoms with van der Waals surface area (Å²) >= 11 is 0. The molecule has 0 radical (unpaired) electrons. The van der Waals surface area contributed by atoms with Gasteiger partial charge in [-0.2, -0.15) is 0 Å². The van der Waals surface area contributed by atoms with Crippen LogP contribution in [0.15, 0.2) is 12.1 Å². The quantitative estimate of drug-likeness (QED) is 0.896. The van der Waals surface area contributed by atoms with Crippen molar-refractivity contribution in [2.45, 2.75) is 27.7 Å². The lowest BCUT2D eigenvalue weighted by atomic mass is 9.97. The maximum atomic E-state index is 14.2. The van der Waals surface area contributed by atoms with E-state index >= 15 is 0 Å². The summed E-state index contributed by atoms with van der Waals surface area (Å²) in [6.07, 6.45) is 0. The van der Waals surface area contributed by atoms with E-state index in [4.69, 9.17) is 0 Å². The van der Waals surface area contributed by atoms with Crippen molar-refractivity contribution in [3.8, 4) is 11.3 Å². The van der Waals surface area contributed by atoms with Crippen molar-refractivity contribution in [3.63, 3.8) is 0 Å². The Morgan fingerprint density at radius 3 is 2.26 bits per heavy atom. The lowest BCUT2D eigenvalue weighted by molar-refractivity contribution is 0.628. The van der Waals surface area contributed by atoms with Crippen LogP contribution in [0.25, 0.3) is 11.3 Å². The van der Waals surface area contributed by atoms with Crippen molar-refractivity contribution in [1.29, 1.82) is 0 Å². The first-order valence-electron chi connectivity index (χ1n) is 6.24. The molecule has 0 bridgehead atoms. The highest BCUT2D eigenvalue weighted by Crippen LogP contribution is 2.30. The number of aromatic nitrogens is 2. The molecule has 0 fully saturated rings. The summed E-state index contributed by atoms with van der Waals surface area (Å²) in [4.78, 5) is 0. The van der Waals surface area contributed by atoms with Crippen LogP contribution in [0, 0.1) is 33.5 Å². The number of hydrogen-bond acceptors (Lipinski definition) is 3. The topological polar surface area (TPSA) is 37.8 Å². The van der Waals surface area contributed by atoms with E-state index in [-0.39, 0.29) is 5.82 Å². The van der Waals surface area contributed by atoms with Crippen LogP contribution in [0.5, 0.6) is 0 Å². The summed E-state index contributed by atoms with van der Waals surface area (Å²) in [6, 6.07) is 3.49. The zero-order valence-electron chi connectivity index (χ0n) is 11.9. The molecule has 0 amide bonds. The molecule has 19 heavy (non-hydrogen) atoms. The lowest BCUT2D eigenvalue weighted by Gasteiger charge is -2.13. The molecule has 1 heterocycles. The van der Waals surface area contributed by atoms with Gasteiger partial charge in [0.05, 0.1) is 5.69 Å². The fourth-order valence-corrected chi connectivity index (χ4v) is 2.30. The maximum Gasteiger partial charge on any atom is 0.151 e. The van der Waals surface area contributed by atoms with Gasteiger partial charge in [-0.05, 0) is 56.0 Å². The van der Waals surface area contributed by atoms with Gasteiger partial charge in [-0.15, -0.1) is 10.2 Å². The highest BCUT2D eigenvalue weighted by Gasteiger charge is 2.16. The molecule has 0 aliphatic carbocycles. The fourth-order valence-electron chi connectivity index (χ4n) is 2.30. The maximum absolute atomic E-state index is 14.2. The standard InChI is InChI=1S/C15H18FN3/c1-8-6-9(2)13(12(16)7-8)14-10(3)11(4)15(17-5)19-18-14/h6-7H,1-5H3,(H,17,19). The Balaban J connectivity index is 2.70. The van der Waals surface area contributed by atoms with Crippen LogP contribution < -0.4 is 5.32 Å². The second-order valence-electron chi connectivity index (χ2n) is 4.84. The zero-order valence-corrected chi connectivity index (χ0v) is 11.9. The minimum absolute atomic E-state index is 0.244. The number of aryl methyl sites for hydroxylation is 2. The molecular formula is C15H18FN3. The monoisotopic (exact) mass is 259 g/mol. The molecule has 2 rings (SSSR count). The number of anilines is 1. The molecule has 0 aliphatic rings. The first-order valence-corrected chi connectivity index (χ1v) is 6.24. The minimum Gasteiger partial charge on any atom is -0.371 e. The Morgan fingerprint density at radius 2 is 1.68 bits per heavy atom. The Labute approximate surface area is 112 Å². The number of halogens is 1. The highest BCUT2D eigenvalue weighted by atomic mass is 19.1. The van der Waals surface area contributed by atoms with Gasteiger partial charge in [-0.3, -0.25) is 0 Å². The van der Waals surface area contributed by atoms with E-state index in [2.05, 4.69) is 15.5 Å². The second-order valence-corrected chi connectivity index (χ2v) is 4.84. The van der Waals surface area contributed by atoms with E-state index in [1.165, 1.54) is 6.07 Å². The molecule has 0 saturated heterocycles. The average Bonchev–Trinajstić information content (AvgIpc) is 2.33. The highest BCUT2D eigenvalue weighted by molar-refractivity contribution is 5.70. The van der Waals surface area contributed by atoms with Crippen LogP contribution in [0.2, 0.25) is 0 Å². The first kappa shape index (κ1) is 13.5. The van der Waals surface area contributed by atoms with Crippen LogP contribution in [0.3, 0.4) is 0 Å². The summed E-state index contributed by atoms with van der Waals surface area (Å²) in [5, 5.41) is 11.3. The summed E-state index contributed by atoms with van der Waals surface area (Å²) < 4.78 is 14.2. The van der Waals surface area contributed by atoms with E-state index in [0.29, 0.717) is 11.3 Å². The summed E-state index contributed by atoms with van der Waals surface area (Å²) in [5.74, 6) is 0.484. The van der Waals surface area contributed by atoms with Crippen molar-refractivity contribution < 1.29 is 4.39 Å².